The first-order valence-electron chi connectivity index (χ1n) is 4.60. The van der Waals surface area contributed by atoms with E-state index >= 15 is 0 Å². The number of hydrogen-bond acceptors (Lipinski definition) is 4. The van der Waals surface area contributed by atoms with Gasteiger partial charge < -0.3 is 5.11 Å². The molecule has 0 radical (unpaired) electrons. The normalized spacial score (nSPS) is 10.1. The molecule has 1 aromatic carbocycles. The van der Waals surface area contributed by atoms with Crippen LogP contribution in [0.1, 0.15) is 29.3 Å². The van der Waals surface area contributed by atoms with E-state index in [4.69, 9.17) is 15.5 Å². The summed E-state index contributed by atoms with van der Waals surface area (Å²) in [4.78, 5) is 10.8. The van der Waals surface area contributed by atoms with E-state index in [-0.39, 0.29) is 16.5 Å². The van der Waals surface area contributed by atoms with Crippen LogP contribution in [0.3, 0.4) is 0 Å². The molecule has 0 fully saturated rings. The van der Waals surface area contributed by atoms with Gasteiger partial charge in [-0.05, 0) is 30.2 Å². The maximum Gasteiger partial charge on any atom is 0.335 e. The Bertz CT molecular complexity index is 362. The van der Waals surface area contributed by atoms with Crippen LogP contribution in [0.4, 0.5) is 5.69 Å². The highest BCUT2D eigenvalue weighted by Gasteiger charge is 2.11. The van der Waals surface area contributed by atoms with Crippen LogP contribution >= 0.6 is 0 Å². The van der Waals surface area contributed by atoms with E-state index in [9.17, 15) is 4.79 Å². The zero-order chi connectivity index (χ0) is 11.4. The Morgan fingerprint density at radius 2 is 2.07 bits per heavy atom. The number of aromatic carboxylic acids is 1. The monoisotopic (exact) mass is 211 g/mol. The zero-order valence-corrected chi connectivity index (χ0v) is 8.34. The van der Waals surface area contributed by atoms with Crippen LogP contribution in [-0.4, -0.2) is 21.5 Å². The van der Waals surface area contributed by atoms with Crippen LogP contribution in [0.5, 0.6) is 0 Å². The lowest BCUT2D eigenvalue weighted by molar-refractivity contribution is 0.0290. The molecule has 82 valence electrons. The lowest BCUT2D eigenvalue weighted by Gasteiger charge is -2.11. The van der Waals surface area contributed by atoms with Crippen molar-refractivity contribution in [1.29, 1.82) is 0 Å². The highest BCUT2D eigenvalue weighted by molar-refractivity contribution is 5.90. The van der Waals surface area contributed by atoms with Crippen molar-refractivity contribution < 1.29 is 20.3 Å². The summed E-state index contributed by atoms with van der Waals surface area (Å²) in [6, 6.07) is 4.15. The second-order valence-corrected chi connectivity index (χ2v) is 3.19. The predicted molar refractivity (Wildman–Crippen MR) is 53.4 cm³/mol. The highest BCUT2D eigenvalue weighted by atomic mass is 16.8. The average molecular weight is 211 g/mol. The first-order chi connectivity index (χ1) is 7.06. The lowest BCUT2D eigenvalue weighted by atomic mass is 10.0. The number of carboxylic acid groups (broad SMARTS) is 1. The number of aryl methyl sites for hydroxylation is 1. The van der Waals surface area contributed by atoms with Gasteiger partial charge in [-0.2, -0.15) is 0 Å². The summed E-state index contributed by atoms with van der Waals surface area (Å²) >= 11 is 0. The molecule has 0 amide bonds. The molecule has 1 aromatic rings. The standard InChI is InChI=1S/C10H13NO4/c1-2-3-7-6-8(11(14)15)4-5-9(7)10(12)13/h4-6,14-15H,2-3H2,1H3,(H,12,13). The number of benzene rings is 1. The predicted octanol–water partition coefficient (Wildman–Crippen LogP) is 1.92. The van der Waals surface area contributed by atoms with Crippen LogP contribution in [0.2, 0.25) is 0 Å². The van der Waals surface area contributed by atoms with E-state index in [2.05, 4.69) is 0 Å². The summed E-state index contributed by atoms with van der Waals surface area (Å²) in [6.45, 7) is 1.92. The molecule has 0 aliphatic heterocycles. The fraction of sp³-hybridized carbons (Fsp3) is 0.300. The number of carbonyl (C=O) groups is 1. The fourth-order valence-electron chi connectivity index (χ4n) is 1.39. The van der Waals surface area contributed by atoms with Gasteiger partial charge in [0.2, 0.25) is 0 Å². The Morgan fingerprint density at radius 1 is 1.40 bits per heavy atom. The maximum absolute atomic E-state index is 10.8. The van der Waals surface area contributed by atoms with Gasteiger partial charge in [0.1, 0.15) is 0 Å². The molecule has 0 heterocycles. The van der Waals surface area contributed by atoms with Gasteiger partial charge in [0.15, 0.2) is 0 Å². The quantitative estimate of drug-likeness (QED) is 0.663. The first kappa shape index (κ1) is 11.5. The van der Waals surface area contributed by atoms with Crippen LogP contribution < -0.4 is 5.23 Å². The highest BCUT2D eigenvalue weighted by Crippen LogP contribution is 2.19. The van der Waals surface area contributed by atoms with Gasteiger partial charge >= 0.3 is 5.97 Å². The Morgan fingerprint density at radius 3 is 2.53 bits per heavy atom. The minimum Gasteiger partial charge on any atom is -0.478 e. The van der Waals surface area contributed by atoms with Gasteiger partial charge in [-0.15, -0.1) is 5.23 Å². The van der Waals surface area contributed by atoms with Crippen molar-refractivity contribution in [3.8, 4) is 0 Å². The fourth-order valence-corrected chi connectivity index (χ4v) is 1.39. The van der Waals surface area contributed by atoms with Crippen molar-refractivity contribution in [1.82, 2.24) is 0 Å². The third-order valence-electron chi connectivity index (χ3n) is 2.07. The van der Waals surface area contributed by atoms with Gasteiger partial charge in [-0.25, -0.2) is 4.79 Å². The second-order valence-electron chi connectivity index (χ2n) is 3.19. The van der Waals surface area contributed by atoms with Crippen LogP contribution in [-0.2, 0) is 6.42 Å². The molecule has 0 aliphatic carbocycles. The Balaban J connectivity index is 3.14. The first-order valence-corrected chi connectivity index (χ1v) is 4.60. The molecule has 15 heavy (non-hydrogen) atoms. The van der Waals surface area contributed by atoms with Crippen molar-refractivity contribution in [2.45, 2.75) is 19.8 Å². The molecule has 0 unspecified atom stereocenters. The van der Waals surface area contributed by atoms with Crippen molar-refractivity contribution in [2.24, 2.45) is 0 Å². The third kappa shape index (κ3) is 2.68. The summed E-state index contributed by atoms with van der Waals surface area (Å²) in [5.74, 6) is -1.01. The summed E-state index contributed by atoms with van der Waals surface area (Å²) in [5, 5.41) is 26.4. The van der Waals surface area contributed by atoms with Gasteiger partial charge in [0, 0.05) is 0 Å². The summed E-state index contributed by atoms with van der Waals surface area (Å²) in [7, 11) is 0. The number of nitrogens with zero attached hydrogens (tertiary/aromatic N) is 1. The van der Waals surface area contributed by atoms with Crippen LogP contribution in [0.15, 0.2) is 18.2 Å². The topological polar surface area (TPSA) is 81.0 Å². The van der Waals surface area contributed by atoms with Crippen molar-refractivity contribution in [2.75, 3.05) is 5.23 Å². The number of rotatable bonds is 4. The SMILES string of the molecule is CCCc1cc(N(O)O)ccc1C(=O)O. The van der Waals surface area contributed by atoms with E-state index in [1.165, 1.54) is 18.2 Å². The molecule has 0 saturated carbocycles. The molecule has 0 spiro atoms. The lowest BCUT2D eigenvalue weighted by Crippen LogP contribution is -2.12. The Hall–Kier alpha value is -1.59. The van der Waals surface area contributed by atoms with E-state index in [1.807, 2.05) is 6.92 Å². The molecule has 1 rings (SSSR count). The summed E-state index contributed by atoms with van der Waals surface area (Å²) in [6.07, 6.45) is 1.38. The van der Waals surface area contributed by atoms with Crippen molar-refractivity contribution >= 4 is 11.7 Å². The summed E-state index contributed by atoms with van der Waals surface area (Å²) in [5.41, 5.74) is 0.946. The van der Waals surface area contributed by atoms with E-state index in [1.54, 1.807) is 0 Å². The van der Waals surface area contributed by atoms with Crippen LogP contribution in [0, 0.1) is 0 Å². The summed E-state index contributed by atoms with van der Waals surface area (Å²) < 4.78 is 0. The van der Waals surface area contributed by atoms with Gasteiger partial charge in [-0.3, -0.25) is 10.4 Å². The van der Waals surface area contributed by atoms with E-state index in [0.717, 1.165) is 6.42 Å². The second kappa shape index (κ2) is 4.77. The van der Waals surface area contributed by atoms with E-state index < -0.39 is 5.97 Å². The van der Waals surface area contributed by atoms with E-state index in [0.29, 0.717) is 12.0 Å². The molecular formula is C10H13NO4. The smallest absolute Gasteiger partial charge is 0.335 e. The molecule has 5 heteroatoms. The molecular weight excluding hydrogens is 198 g/mol. The average Bonchev–Trinajstić information content (AvgIpc) is 2.17. The molecule has 0 bridgehead atoms. The molecule has 0 aliphatic rings. The molecule has 0 atom stereocenters. The zero-order valence-electron chi connectivity index (χ0n) is 8.34. The molecule has 0 aromatic heterocycles. The third-order valence-corrected chi connectivity index (χ3v) is 2.07. The van der Waals surface area contributed by atoms with Crippen LogP contribution in [0.25, 0.3) is 0 Å². The Labute approximate surface area is 87.1 Å². The number of hydrogen-bond donors (Lipinski definition) is 3. The van der Waals surface area contributed by atoms with Crippen molar-refractivity contribution in [3.63, 3.8) is 0 Å². The molecule has 0 saturated heterocycles. The molecule has 5 nitrogen and oxygen atoms in total. The number of anilines is 1. The van der Waals surface area contributed by atoms with Gasteiger partial charge in [0.05, 0.1) is 11.3 Å². The van der Waals surface area contributed by atoms with Gasteiger partial charge in [-0.1, -0.05) is 13.3 Å². The van der Waals surface area contributed by atoms with Crippen molar-refractivity contribution in [3.05, 3.63) is 29.3 Å². The maximum atomic E-state index is 10.8. The largest absolute Gasteiger partial charge is 0.478 e. The van der Waals surface area contributed by atoms with Gasteiger partial charge in [0.25, 0.3) is 0 Å². The minimum atomic E-state index is -1.01. The minimum absolute atomic E-state index is 0.0230. The molecule has 3 N–H and O–H groups in total. The Kier molecular flexibility index (Phi) is 3.65. The number of carboxylic acids is 1.